The number of imidazole rings is 1. The highest BCUT2D eigenvalue weighted by molar-refractivity contribution is 7.87. The molecule has 0 radical (unpaired) electrons. The third-order valence-electron chi connectivity index (χ3n) is 3.10. The lowest BCUT2D eigenvalue weighted by Crippen LogP contribution is -2.43. The van der Waals surface area contributed by atoms with Crippen LogP contribution in [0.1, 0.15) is 5.82 Å². The van der Waals surface area contributed by atoms with Gasteiger partial charge in [0, 0.05) is 26.2 Å². The first-order chi connectivity index (χ1) is 9.87. The molecule has 1 aliphatic heterocycles. The van der Waals surface area contributed by atoms with Gasteiger partial charge in [-0.3, -0.25) is 4.90 Å². The van der Waals surface area contributed by atoms with Crippen molar-refractivity contribution in [1.29, 1.82) is 0 Å². The Hall–Kier alpha value is -1.60. The number of hydrogen-bond donors (Lipinski definition) is 3. The zero-order chi connectivity index (χ0) is 15.5. The predicted molar refractivity (Wildman–Crippen MR) is 73.3 cm³/mol. The van der Waals surface area contributed by atoms with Crippen LogP contribution >= 0.6 is 0 Å². The number of aromatic nitrogens is 2. The lowest BCUT2D eigenvalue weighted by Gasteiger charge is -2.25. The largest absolute Gasteiger partial charge is 0.358 e. The Bertz CT molecular complexity index is 608. The van der Waals surface area contributed by atoms with Crippen molar-refractivity contribution >= 4 is 16.0 Å². The molecule has 118 valence electrons. The van der Waals surface area contributed by atoms with Gasteiger partial charge in [-0.05, 0) is 4.92 Å². The summed E-state index contributed by atoms with van der Waals surface area (Å²) in [6.07, 6.45) is 1.11. The van der Waals surface area contributed by atoms with E-state index in [4.69, 9.17) is 5.14 Å². The lowest BCUT2D eigenvalue weighted by atomic mass is 10.3. The van der Waals surface area contributed by atoms with E-state index < -0.39 is 15.1 Å². The molecule has 1 aromatic heterocycles. The third-order valence-corrected chi connectivity index (χ3v) is 3.63. The van der Waals surface area contributed by atoms with Crippen LogP contribution in [0.4, 0.5) is 5.82 Å². The fourth-order valence-electron chi connectivity index (χ4n) is 2.07. The summed E-state index contributed by atoms with van der Waals surface area (Å²) in [6.45, 7) is 3.33. The molecule has 4 N–H and O–H groups in total. The topological polar surface area (TPSA) is 148 Å². The number of nitrogens with zero attached hydrogens (tertiary/aromatic N) is 4. The molecule has 1 aromatic rings. The number of hydrogen-bond acceptors (Lipinski definition) is 7. The fraction of sp³-hybridized carbons (Fsp3) is 0.667. The maximum Gasteiger partial charge on any atom is 0.344 e. The maximum atomic E-state index is 11.0. The van der Waals surface area contributed by atoms with Gasteiger partial charge in [0.1, 0.15) is 6.20 Å². The summed E-state index contributed by atoms with van der Waals surface area (Å²) in [5.74, 6) is 0.135. The molecular formula is C9H17N7O4S. The van der Waals surface area contributed by atoms with E-state index in [0.29, 0.717) is 12.4 Å². The summed E-state index contributed by atoms with van der Waals surface area (Å²) in [5, 5.41) is 19.0. The van der Waals surface area contributed by atoms with Gasteiger partial charge in [0.25, 0.3) is 10.2 Å². The van der Waals surface area contributed by atoms with E-state index in [2.05, 4.69) is 15.2 Å². The number of nitrogens with two attached hydrogens (primary N) is 1. The molecule has 2 rings (SSSR count). The van der Waals surface area contributed by atoms with Gasteiger partial charge in [-0.15, -0.1) is 0 Å². The molecule has 0 spiro atoms. The highest BCUT2D eigenvalue weighted by Gasteiger charge is 2.23. The van der Waals surface area contributed by atoms with Crippen LogP contribution in [0.3, 0.4) is 0 Å². The molecule has 0 aromatic carbocycles. The van der Waals surface area contributed by atoms with Crippen LogP contribution in [-0.4, -0.2) is 54.0 Å². The van der Waals surface area contributed by atoms with Crippen molar-refractivity contribution in [1.82, 2.24) is 24.5 Å². The quantitative estimate of drug-likeness (QED) is 0.403. The molecule has 2 heterocycles. The molecule has 0 aliphatic carbocycles. The summed E-state index contributed by atoms with van der Waals surface area (Å²) >= 11 is 0. The van der Waals surface area contributed by atoms with Crippen molar-refractivity contribution < 1.29 is 13.3 Å². The van der Waals surface area contributed by atoms with Crippen LogP contribution in [0.2, 0.25) is 0 Å². The van der Waals surface area contributed by atoms with Gasteiger partial charge >= 0.3 is 5.82 Å². The van der Waals surface area contributed by atoms with Crippen molar-refractivity contribution in [2.75, 3.05) is 26.2 Å². The zero-order valence-corrected chi connectivity index (χ0v) is 12.0. The van der Waals surface area contributed by atoms with Gasteiger partial charge in [-0.2, -0.15) is 17.7 Å². The Balaban J connectivity index is 2.17. The second kappa shape index (κ2) is 6.44. The minimum Gasteiger partial charge on any atom is -0.358 e. The summed E-state index contributed by atoms with van der Waals surface area (Å²) in [7, 11) is -3.94. The first-order valence-corrected chi connectivity index (χ1v) is 7.81. The van der Waals surface area contributed by atoms with Crippen LogP contribution in [0, 0.1) is 10.1 Å². The second-order valence-electron chi connectivity index (χ2n) is 4.59. The standard InChI is InChI=1S/C9H17N7O4S/c10-21(19,20)13-7-15-8(12-5-9(15)16(17)18)6-14-3-1-11-2-4-14/h5,11,13H,1-4,6-7H2,(H2,10,19,20). The van der Waals surface area contributed by atoms with Crippen molar-refractivity contribution in [3.8, 4) is 0 Å². The van der Waals surface area contributed by atoms with E-state index in [1.165, 1.54) is 4.57 Å². The molecule has 0 atom stereocenters. The van der Waals surface area contributed by atoms with E-state index >= 15 is 0 Å². The van der Waals surface area contributed by atoms with Crippen molar-refractivity contribution in [2.45, 2.75) is 13.2 Å². The van der Waals surface area contributed by atoms with Gasteiger partial charge in [-0.25, -0.2) is 10.1 Å². The van der Waals surface area contributed by atoms with E-state index in [9.17, 15) is 18.5 Å². The van der Waals surface area contributed by atoms with Crippen LogP contribution in [0.25, 0.3) is 0 Å². The van der Waals surface area contributed by atoms with Crippen LogP contribution in [0.15, 0.2) is 6.20 Å². The molecule has 0 bridgehead atoms. The number of nitrogens with one attached hydrogen (secondary N) is 2. The number of piperazine rings is 1. The monoisotopic (exact) mass is 319 g/mol. The van der Waals surface area contributed by atoms with Gasteiger partial charge in [0.2, 0.25) is 5.82 Å². The summed E-state index contributed by atoms with van der Waals surface area (Å²) in [4.78, 5) is 16.4. The van der Waals surface area contributed by atoms with E-state index in [0.717, 1.165) is 32.4 Å². The number of nitro groups is 1. The smallest absolute Gasteiger partial charge is 0.344 e. The summed E-state index contributed by atoms with van der Waals surface area (Å²) in [5.41, 5.74) is 0. The maximum absolute atomic E-state index is 11.0. The first-order valence-electron chi connectivity index (χ1n) is 6.26. The van der Waals surface area contributed by atoms with Crippen LogP contribution in [-0.2, 0) is 23.4 Å². The second-order valence-corrected chi connectivity index (χ2v) is 5.97. The number of rotatable bonds is 6. The molecular weight excluding hydrogens is 302 g/mol. The molecule has 1 saturated heterocycles. The molecule has 0 unspecified atom stereocenters. The summed E-state index contributed by atoms with van der Waals surface area (Å²) < 4.78 is 25.1. The minimum atomic E-state index is -3.94. The van der Waals surface area contributed by atoms with Crippen LogP contribution in [0.5, 0.6) is 0 Å². The van der Waals surface area contributed by atoms with Crippen molar-refractivity contribution in [3.63, 3.8) is 0 Å². The lowest BCUT2D eigenvalue weighted by molar-refractivity contribution is -0.392. The van der Waals surface area contributed by atoms with Gasteiger partial charge in [0.15, 0.2) is 6.67 Å². The van der Waals surface area contributed by atoms with Crippen molar-refractivity contribution in [3.05, 3.63) is 22.1 Å². The fourth-order valence-corrected chi connectivity index (χ4v) is 2.38. The predicted octanol–water partition coefficient (Wildman–Crippen LogP) is -2.05. The SMILES string of the molecule is NS(=O)(=O)NCn1c([N+](=O)[O-])cnc1CN1CCNCC1. The van der Waals surface area contributed by atoms with Crippen LogP contribution < -0.4 is 15.2 Å². The summed E-state index contributed by atoms with van der Waals surface area (Å²) in [6, 6.07) is 0. The van der Waals surface area contributed by atoms with Gasteiger partial charge in [-0.1, -0.05) is 0 Å². The molecule has 21 heavy (non-hydrogen) atoms. The van der Waals surface area contributed by atoms with E-state index in [1.54, 1.807) is 0 Å². The molecule has 1 aliphatic rings. The van der Waals surface area contributed by atoms with E-state index in [1.807, 2.05) is 4.72 Å². The first kappa shape index (κ1) is 15.8. The van der Waals surface area contributed by atoms with E-state index in [-0.39, 0.29) is 12.5 Å². The average molecular weight is 319 g/mol. The Morgan fingerprint density at radius 2 is 2.14 bits per heavy atom. The van der Waals surface area contributed by atoms with Gasteiger partial charge < -0.3 is 15.4 Å². The highest BCUT2D eigenvalue weighted by Crippen LogP contribution is 2.15. The normalized spacial score (nSPS) is 17.0. The zero-order valence-electron chi connectivity index (χ0n) is 11.2. The molecule has 1 fully saturated rings. The average Bonchev–Trinajstić information content (AvgIpc) is 2.80. The van der Waals surface area contributed by atoms with Crippen molar-refractivity contribution in [2.24, 2.45) is 5.14 Å². The Labute approximate surface area is 121 Å². The molecule has 0 saturated carbocycles. The molecule has 11 nitrogen and oxygen atoms in total. The highest BCUT2D eigenvalue weighted by atomic mass is 32.2. The molecule has 0 amide bonds. The Kier molecular flexibility index (Phi) is 4.84. The van der Waals surface area contributed by atoms with Gasteiger partial charge in [0.05, 0.1) is 6.54 Å². The molecule has 12 heteroatoms. The third kappa shape index (κ3) is 4.44. The minimum absolute atomic E-state index is 0.281. The Morgan fingerprint density at radius 1 is 1.48 bits per heavy atom. The Morgan fingerprint density at radius 3 is 2.71 bits per heavy atom.